The largest absolute Gasteiger partial charge is 0.497 e. The third kappa shape index (κ3) is 3.91. The zero-order valence-electron chi connectivity index (χ0n) is 18.8. The molecule has 1 amide bonds. The van der Waals surface area contributed by atoms with E-state index in [1.165, 1.54) is 11.9 Å². The molecule has 0 saturated carbocycles. The van der Waals surface area contributed by atoms with E-state index in [4.69, 9.17) is 9.47 Å². The molecule has 8 heteroatoms. The summed E-state index contributed by atoms with van der Waals surface area (Å²) < 4.78 is 12.5. The zero-order valence-corrected chi connectivity index (χ0v) is 18.8. The number of carbonyl (C=O) groups excluding carboxylic acids is 1. The summed E-state index contributed by atoms with van der Waals surface area (Å²) in [6, 6.07) is 13.1. The van der Waals surface area contributed by atoms with E-state index in [0.29, 0.717) is 40.3 Å². The molecule has 2 N–H and O–H groups in total. The molecule has 0 saturated heterocycles. The number of aromatic nitrogens is 3. The van der Waals surface area contributed by atoms with Crippen LogP contribution >= 0.6 is 0 Å². The first-order valence-corrected chi connectivity index (χ1v) is 10.4. The minimum absolute atomic E-state index is 0.263. The van der Waals surface area contributed by atoms with Gasteiger partial charge in [-0.2, -0.15) is 10.1 Å². The molecule has 0 fully saturated rings. The summed E-state index contributed by atoms with van der Waals surface area (Å²) in [4.78, 5) is 17.9. The van der Waals surface area contributed by atoms with Gasteiger partial charge in [-0.15, -0.1) is 0 Å². The van der Waals surface area contributed by atoms with Crippen LogP contribution in [0.5, 0.6) is 11.5 Å². The number of fused-ring (bicyclic) bond motifs is 1. The average molecular weight is 434 g/mol. The highest BCUT2D eigenvalue weighted by atomic mass is 16.5. The normalized spacial score (nSPS) is 15.2. The van der Waals surface area contributed by atoms with Gasteiger partial charge in [0, 0.05) is 11.8 Å². The highest BCUT2D eigenvalue weighted by Gasteiger charge is 2.33. The Morgan fingerprint density at radius 2 is 1.88 bits per heavy atom. The molecule has 1 aliphatic rings. The van der Waals surface area contributed by atoms with Gasteiger partial charge in [0.2, 0.25) is 5.95 Å². The van der Waals surface area contributed by atoms with Crippen molar-refractivity contribution in [2.45, 2.75) is 32.7 Å². The SMILES string of the molecule is COc1ccc(OC)c(NC(=O)C2=C(C)Nc3ncnn3[C@@H]2c2ccc(C(C)C)cc2)c1. The Bertz CT molecular complexity index is 1160. The van der Waals surface area contributed by atoms with Crippen LogP contribution in [-0.4, -0.2) is 34.9 Å². The number of allylic oxidation sites excluding steroid dienone is 1. The van der Waals surface area contributed by atoms with Gasteiger partial charge in [-0.1, -0.05) is 38.1 Å². The number of hydrogen-bond acceptors (Lipinski definition) is 6. The van der Waals surface area contributed by atoms with Crippen molar-refractivity contribution >= 4 is 17.5 Å². The maximum Gasteiger partial charge on any atom is 0.255 e. The molecule has 0 aliphatic carbocycles. The van der Waals surface area contributed by atoms with Gasteiger partial charge < -0.3 is 20.1 Å². The predicted molar refractivity (Wildman–Crippen MR) is 123 cm³/mol. The maximum atomic E-state index is 13.6. The predicted octanol–water partition coefficient (Wildman–Crippen LogP) is 4.35. The van der Waals surface area contributed by atoms with E-state index in [2.05, 4.69) is 46.7 Å². The van der Waals surface area contributed by atoms with Crippen LogP contribution in [0, 0.1) is 0 Å². The molecule has 0 bridgehead atoms. The van der Waals surface area contributed by atoms with Crippen molar-refractivity contribution in [3.8, 4) is 11.5 Å². The summed E-state index contributed by atoms with van der Waals surface area (Å²) in [5.74, 6) is 1.91. The van der Waals surface area contributed by atoms with E-state index in [-0.39, 0.29) is 5.91 Å². The van der Waals surface area contributed by atoms with Crippen LogP contribution in [0.1, 0.15) is 43.9 Å². The molecule has 1 aromatic heterocycles. The van der Waals surface area contributed by atoms with Crippen LogP contribution in [-0.2, 0) is 4.79 Å². The molecule has 0 unspecified atom stereocenters. The third-order valence-corrected chi connectivity index (χ3v) is 5.61. The summed E-state index contributed by atoms with van der Waals surface area (Å²) in [6.45, 7) is 6.17. The molecular weight excluding hydrogens is 406 g/mol. The molecule has 1 aliphatic heterocycles. The number of ether oxygens (including phenoxy) is 2. The molecule has 0 spiro atoms. The Morgan fingerprint density at radius 1 is 1.12 bits per heavy atom. The molecule has 4 rings (SSSR count). The number of carbonyl (C=O) groups is 1. The van der Waals surface area contributed by atoms with E-state index >= 15 is 0 Å². The fraction of sp³-hybridized carbons (Fsp3) is 0.292. The van der Waals surface area contributed by atoms with Crippen molar-refractivity contribution < 1.29 is 14.3 Å². The van der Waals surface area contributed by atoms with Crippen LogP contribution in [0.25, 0.3) is 0 Å². The first-order chi connectivity index (χ1) is 15.4. The second-order valence-corrected chi connectivity index (χ2v) is 7.94. The Labute approximate surface area is 187 Å². The van der Waals surface area contributed by atoms with Gasteiger partial charge in [-0.25, -0.2) is 4.68 Å². The molecule has 32 heavy (non-hydrogen) atoms. The van der Waals surface area contributed by atoms with E-state index in [0.717, 1.165) is 5.56 Å². The number of benzene rings is 2. The van der Waals surface area contributed by atoms with E-state index in [9.17, 15) is 4.79 Å². The van der Waals surface area contributed by atoms with E-state index < -0.39 is 6.04 Å². The molecule has 2 heterocycles. The monoisotopic (exact) mass is 433 g/mol. The fourth-order valence-electron chi connectivity index (χ4n) is 3.86. The number of amides is 1. The Balaban J connectivity index is 1.74. The van der Waals surface area contributed by atoms with E-state index in [1.54, 1.807) is 37.1 Å². The van der Waals surface area contributed by atoms with Gasteiger partial charge in [-0.3, -0.25) is 4.79 Å². The van der Waals surface area contributed by atoms with Gasteiger partial charge >= 0.3 is 0 Å². The van der Waals surface area contributed by atoms with Crippen molar-refractivity contribution in [3.05, 3.63) is 71.2 Å². The number of hydrogen-bond donors (Lipinski definition) is 2. The van der Waals surface area contributed by atoms with Gasteiger partial charge in [0.05, 0.1) is 25.5 Å². The molecule has 8 nitrogen and oxygen atoms in total. The standard InChI is InChI=1S/C24H27N5O3/c1-14(2)16-6-8-17(9-7-16)22-21(15(3)27-24-25-13-26-29(22)24)23(30)28-19-12-18(31-4)10-11-20(19)32-5/h6-14,22H,1-5H3,(H,28,30)(H,25,26,27)/t22-/m1/s1. The Morgan fingerprint density at radius 3 is 2.53 bits per heavy atom. The Kier molecular flexibility index (Phi) is 5.85. The molecule has 1 atom stereocenters. The summed E-state index contributed by atoms with van der Waals surface area (Å²) in [6.07, 6.45) is 1.48. The fourth-order valence-corrected chi connectivity index (χ4v) is 3.86. The van der Waals surface area contributed by atoms with Crippen molar-refractivity contribution in [1.82, 2.24) is 14.8 Å². The summed E-state index contributed by atoms with van der Waals surface area (Å²) in [5.41, 5.74) is 3.96. The molecular formula is C24H27N5O3. The zero-order chi connectivity index (χ0) is 22.8. The second-order valence-electron chi connectivity index (χ2n) is 7.94. The lowest BCUT2D eigenvalue weighted by molar-refractivity contribution is -0.113. The minimum atomic E-state index is -0.424. The molecule has 3 aromatic rings. The lowest BCUT2D eigenvalue weighted by Gasteiger charge is -2.29. The topological polar surface area (TPSA) is 90.3 Å². The van der Waals surface area contributed by atoms with Crippen molar-refractivity contribution in [3.63, 3.8) is 0 Å². The lowest BCUT2D eigenvalue weighted by Crippen LogP contribution is -2.31. The van der Waals surface area contributed by atoms with Crippen molar-refractivity contribution in [2.24, 2.45) is 0 Å². The average Bonchev–Trinajstić information content (AvgIpc) is 3.26. The number of nitrogens with zero attached hydrogens (tertiary/aromatic N) is 3. The number of methoxy groups -OCH3 is 2. The number of nitrogens with one attached hydrogen (secondary N) is 2. The smallest absolute Gasteiger partial charge is 0.255 e. The molecule has 2 aromatic carbocycles. The van der Waals surface area contributed by atoms with E-state index in [1.807, 2.05) is 19.1 Å². The molecule has 0 radical (unpaired) electrons. The van der Waals surface area contributed by atoms with Gasteiger partial charge in [-0.05, 0) is 36.1 Å². The maximum absolute atomic E-state index is 13.6. The number of rotatable bonds is 6. The van der Waals surface area contributed by atoms with Crippen LogP contribution in [0.15, 0.2) is 60.1 Å². The highest BCUT2D eigenvalue weighted by Crippen LogP contribution is 2.37. The summed E-state index contributed by atoms with van der Waals surface area (Å²) in [5, 5.41) is 10.6. The number of anilines is 2. The van der Waals surface area contributed by atoms with Crippen LogP contribution in [0.4, 0.5) is 11.6 Å². The van der Waals surface area contributed by atoms with Crippen LogP contribution in [0.3, 0.4) is 0 Å². The van der Waals surface area contributed by atoms with Gasteiger partial charge in [0.25, 0.3) is 5.91 Å². The second kappa shape index (κ2) is 8.74. The van der Waals surface area contributed by atoms with Gasteiger partial charge in [0.15, 0.2) is 0 Å². The third-order valence-electron chi connectivity index (χ3n) is 5.61. The first-order valence-electron chi connectivity index (χ1n) is 10.4. The van der Waals surface area contributed by atoms with Crippen LogP contribution in [0.2, 0.25) is 0 Å². The van der Waals surface area contributed by atoms with Crippen LogP contribution < -0.4 is 20.1 Å². The molecule has 166 valence electrons. The minimum Gasteiger partial charge on any atom is -0.497 e. The summed E-state index contributed by atoms with van der Waals surface area (Å²) >= 11 is 0. The first kappa shape index (κ1) is 21.4. The quantitative estimate of drug-likeness (QED) is 0.601. The Hall–Kier alpha value is -3.81. The summed E-state index contributed by atoms with van der Waals surface area (Å²) in [7, 11) is 3.14. The van der Waals surface area contributed by atoms with Crippen molar-refractivity contribution in [1.29, 1.82) is 0 Å². The van der Waals surface area contributed by atoms with Crippen molar-refractivity contribution in [2.75, 3.05) is 24.9 Å². The lowest BCUT2D eigenvalue weighted by atomic mass is 9.92. The highest BCUT2D eigenvalue weighted by molar-refractivity contribution is 6.06. The van der Waals surface area contributed by atoms with Gasteiger partial charge in [0.1, 0.15) is 23.9 Å².